The van der Waals surface area contributed by atoms with Crippen molar-refractivity contribution in [3.05, 3.63) is 141 Å². The van der Waals surface area contributed by atoms with Crippen molar-refractivity contribution < 1.29 is 53.5 Å². The molecule has 0 spiro atoms. The van der Waals surface area contributed by atoms with Gasteiger partial charge in [-0.25, -0.2) is 51.1 Å². The Morgan fingerprint density at radius 2 is 0.955 bits per heavy atom. The number of nitrogens with zero attached hydrogens (tertiary/aromatic N) is 7. The zero-order chi connectivity index (χ0) is 50.3. The minimum atomic E-state index is -4.67. The molecule has 4 aromatic carbocycles. The number of hydrogen-bond acceptors (Lipinski definition) is 10. The summed E-state index contributed by atoms with van der Waals surface area (Å²) in [4.78, 5) is 62.7. The number of sulfonamides is 2. The average Bonchev–Trinajstić information content (AvgIpc) is 3.52. The van der Waals surface area contributed by atoms with Gasteiger partial charge in [-0.2, -0.15) is 12.7 Å². The first-order valence-corrected chi connectivity index (χ1v) is 24.9. The average molecular weight is 1020 g/mol. The molecule has 0 atom stereocenters. The van der Waals surface area contributed by atoms with Gasteiger partial charge < -0.3 is 9.80 Å². The van der Waals surface area contributed by atoms with Crippen LogP contribution >= 0.6 is 23.2 Å². The van der Waals surface area contributed by atoms with Crippen LogP contribution in [0.3, 0.4) is 0 Å². The summed E-state index contributed by atoms with van der Waals surface area (Å²) in [5.74, 6) is -1.84. The summed E-state index contributed by atoms with van der Waals surface area (Å²) in [6, 6.07) is 25.8. The number of carbonyl (C=O) groups excluding carboxylic acids is 4. The van der Waals surface area contributed by atoms with E-state index in [4.69, 9.17) is 59.0 Å². The topological polar surface area (TPSA) is 262 Å². The van der Waals surface area contributed by atoms with E-state index in [-0.39, 0.29) is 64.7 Å². The molecule has 25 heteroatoms. The number of amides is 6. The number of primary sulfonamides is 1. The summed E-state index contributed by atoms with van der Waals surface area (Å²) in [5.41, 5.74) is 0.0163. The maximum absolute atomic E-state index is 13.6. The van der Waals surface area contributed by atoms with Crippen molar-refractivity contribution in [3.8, 4) is 0 Å². The quantitative estimate of drug-likeness (QED) is 0.0732. The molecule has 67 heavy (non-hydrogen) atoms. The number of carbonyl (C=O) groups is 4. The Balaban J connectivity index is 0.000000288. The van der Waals surface area contributed by atoms with Crippen LogP contribution < -0.4 is 14.9 Å². The SMILES string of the molecule is O=S(=O)(O)O.[C-]#[N+]c1ccc(N2C(=O)N(CCS(=O)(=O)N(Cc3ccccc3)Cc3ccccc3)C(C)(C)C2=O)cc1Cl.[C-]#[N+]c1ccc(N2C(=O)N(CCS(N)(=O)=O)C(C)(C)C2=O)cc1Cl. The number of rotatable bonds is 13. The zero-order valence-electron chi connectivity index (χ0n) is 36.1. The Kier molecular flexibility index (Phi) is 17.1. The lowest BCUT2D eigenvalue weighted by Crippen LogP contribution is -2.47. The van der Waals surface area contributed by atoms with E-state index >= 15 is 0 Å². The molecule has 2 heterocycles. The van der Waals surface area contributed by atoms with E-state index in [2.05, 4.69) is 9.69 Å². The second-order valence-electron chi connectivity index (χ2n) is 15.6. The lowest BCUT2D eigenvalue weighted by Gasteiger charge is -2.29. The fraction of sp³-hybridized carbons (Fsp3) is 0.286. The van der Waals surface area contributed by atoms with Crippen LogP contribution in [0.4, 0.5) is 32.3 Å². The Hall–Kier alpha value is -5.99. The summed E-state index contributed by atoms with van der Waals surface area (Å²) < 4.78 is 82.5. The van der Waals surface area contributed by atoms with E-state index in [1.54, 1.807) is 13.8 Å². The normalized spacial score (nSPS) is 15.7. The first-order valence-electron chi connectivity index (χ1n) is 19.5. The number of urea groups is 2. The van der Waals surface area contributed by atoms with Gasteiger partial charge in [0.2, 0.25) is 31.4 Å². The highest BCUT2D eigenvalue weighted by Gasteiger charge is 2.53. The third kappa shape index (κ3) is 13.6. The standard InChI is InChI=1S/C28H27ClN4O4S.C14H15ClN4O4S.H2O4S/c1-28(2)26(34)33(23-14-15-25(30-3)24(29)18-23)27(35)32(28)16-17-38(36,37)31(19-21-10-6-4-7-11-21)20-22-12-8-5-9-13-22;1-14(2)12(20)19(9-4-5-11(17-3)10(15)8-9)13(21)18(14)6-7-24(16,22)23;1-5(2,3)4/h4-15,18H,16-17,19-20H2,1-2H3;4-5,8H,6-7H2,1-2H3,(H2,16,22,23);(H2,1,2,3,4). The van der Waals surface area contributed by atoms with E-state index in [9.17, 15) is 36.0 Å². The Morgan fingerprint density at radius 3 is 1.27 bits per heavy atom. The molecular weight excluding hydrogens is 976 g/mol. The molecule has 0 saturated carbocycles. The number of benzene rings is 4. The molecule has 0 bridgehead atoms. The Bertz CT molecular complexity index is 2920. The van der Waals surface area contributed by atoms with Gasteiger partial charge in [-0.05, 0) is 63.1 Å². The van der Waals surface area contributed by atoms with E-state index in [1.807, 2.05) is 60.7 Å². The summed E-state index contributed by atoms with van der Waals surface area (Å²) in [6.07, 6.45) is 0. The summed E-state index contributed by atoms with van der Waals surface area (Å²) in [7, 11) is -12.3. The smallest absolute Gasteiger partial charge is 0.309 e. The van der Waals surface area contributed by atoms with Crippen LogP contribution in [0.5, 0.6) is 0 Å². The minimum Gasteiger partial charge on any atom is -0.309 e. The molecule has 2 saturated heterocycles. The van der Waals surface area contributed by atoms with Gasteiger partial charge in [0.05, 0.1) is 36.0 Å². The molecule has 2 aliphatic heterocycles. The number of anilines is 2. The van der Waals surface area contributed by atoms with Gasteiger partial charge >= 0.3 is 22.5 Å². The van der Waals surface area contributed by atoms with Crippen LogP contribution in [0.25, 0.3) is 9.69 Å². The second-order valence-corrected chi connectivity index (χ2v) is 21.2. The highest BCUT2D eigenvalue weighted by molar-refractivity contribution is 7.89. The molecule has 356 valence electrons. The third-order valence-electron chi connectivity index (χ3n) is 10.2. The van der Waals surface area contributed by atoms with E-state index in [0.29, 0.717) is 0 Å². The zero-order valence-corrected chi connectivity index (χ0v) is 40.1. The van der Waals surface area contributed by atoms with Crippen LogP contribution in [0, 0.1) is 13.1 Å². The van der Waals surface area contributed by atoms with Crippen molar-refractivity contribution >= 4 is 100 Å². The van der Waals surface area contributed by atoms with Crippen LogP contribution in [0.15, 0.2) is 97.1 Å². The molecule has 4 N–H and O–H groups in total. The summed E-state index contributed by atoms with van der Waals surface area (Å²) in [6.45, 7) is 20.3. The highest BCUT2D eigenvalue weighted by Crippen LogP contribution is 2.37. The maximum atomic E-state index is 13.6. The number of nitrogens with two attached hydrogens (primary N) is 1. The lowest BCUT2D eigenvalue weighted by molar-refractivity contribution is -0.124. The van der Waals surface area contributed by atoms with E-state index < -0.39 is 71.2 Å². The van der Waals surface area contributed by atoms with Crippen molar-refractivity contribution in [2.75, 3.05) is 34.4 Å². The van der Waals surface area contributed by atoms with Crippen LogP contribution in [-0.4, -0.2) is 108 Å². The largest absolute Gasteiger partial charge is 0.394 e. The van der Waals surface area contributed by atoms with Crippen molar-refractivity contribution in [1.29, 1.82) is 0 Å². The number of halogens is 2. The predicted octanol–water partition coefficient (Wildman–Crippen LogP) is 6.54. The summed E-state index contributed by atoms with van der Waals surface area (Å²) in [5, 5.41) is 5.20. The Labute approximate surface area is 398 Å². The number of hydrogen-bond donors (Lipinski definition) is 3. The molecular formula is C42H44Cl2N8O12S3. The number of imide groups is 2. The predicted molar refractivity (Wildman–Crippen MR) is 251 cm³/mol. The Morgan fingerprint density at radius 1 is 0.612 bits per heavy atom. The van der Waals surface area contributed by atoms with Gasteiger partial charge in [0.1, 0.15) is 11.1 Å². The molecule has 4 aromatic rings. The fourth-order valence-corrected chi connectivity index (χ4v) is 8.94. The summed E-state index contributed by atoms with van der Waals surface area (Å²) >= 11 is 12.1. The first kappa shape index (κ1) is 53.6. The second kappa shape index (κ2) is 21.3. The monoisotopic (exact) mass is 1020 g/mol. The maximum Gasteiger partial charge on any atom is 0.394 e. The minimum absolute atomic E-state index is 0.115. The van der Waals surface area contributed by atoms with Gasteiger partial charge in [-0.1, -0.05) is 96.0 Å². The molecule has 2 aliphatic rings. The van der Waals surface area contributed by atoms with Gasteiger partial charge in [-0.15, -0.1) is 0 Å². The molecule has 20 nitrogen and oxygen atoms in total. The fourth-order valence-electron chi connectivity index (χ4n) is 6.71. The van der Waals surface area contributed by atoms with Gasteiger partial charge in [-0.3, -0.25) is 18.7 Å². The lowest BCUT2D eigenvalue weighted by atomic mass is 10.0. The van der Waals surface area contributed by atoms with Crippen molar-refractivity contribution in [3.63, 3.8) is 0 Å². The molecule has 0 unspecified atom stereocenters. The highest BCUT2D eigenvalue weighted by atomic mass is 35.5. The molecule has 6 amide bonds. The van der Waals surface area contributed by atoms with E-state index in [0.717, 1.165) is 25.8 Å². The first-order chi connectivity index (χ1) is 31.0. The third-order valence-corrected chi connectivity index (χ3v) is 13.3. The van der Waals surface area contributed by atoms with Crippen LogP contribution in [-0.2, 0) is 53.1 Å². The molecule has 2 fully saturated rings. The van der Waals surface area contributed by atoms with Crippen LogP contribution in [0.2, 0.25) is 10.0 Å². The van der Waals surface area contributed by atoms with Gasteiger partial charge in [0, 0.05) is 36.2 Å². The molecule has 6 rings (SSSR count). The molecule has 0 aromatic heterocycles. The van der Waals surface area contributed by atoms with Gasteiger partial charge in [0.15, 0.2) is 0 Å². The van der Waals surface area contributed by atoms with Crippen molar-refractivity contribution in [2.45, 2.75) is 51.9 Å². The van der Waals surface area contributed by atoms with Crippen LogP contribution in [0.1, 0.15) is 38.8 Å². The molecule has 0 radical (unpaired) electrons. The van der Waals surface area contributed by atoms with E-state index in [1.165, 1.54) is 59.5 Å². The molecule has 0 aliphatic carbocycles. The van der Waals surface area contributed by atoms with Crippen molar-refractivity contribution in [1.82, 2.24) is 14.1 Å². The van der Waals surface area contributed by atoms with Gasteiger partial charge in [0.25, 0.3) is 11.8 Å². The van der Waals surface area contributed by atoms with Crippen molar-refractivity contribution in [2.24, 2.45) is 5.14 Å².